The van der Waals surface area contributed by atoms with Crippen molar-refractivity contribution in [1.29, 1.82) is 5.26 Å². The fourth-order valence-electron chi connectivity index (χ4n) is 4.51. The Morgan fingerprint density at radius 2 is 1.41 bits per heavy atom. The lowest BCUT2D eigenvalue weighted by atomic mass is 10.1. The molecule has 3 N–H and O–H groups in total. The molecule has 218 valence electrons. The third-order valence-corrected chi connectivity index (χ3v) is 9.15. The van der Waals surface area contributed by atoms with Gasteiger partial charge in [0.15, 0.2) is 0 Å². The number of rotatable bonds is 9. The monoisotopic (exact) mass is 616 g/mol. The van der Waals surface area contributed by atoms with Gasteiger partial charge in [0, 0.05) is 21.8 Å². The van der Waals surface area contributed by atoms with Crippen molar-refractivity contribution in [1.82, 2.24) is 0 Å². The third-order valence-electron chi connectivity index (χ3n) is 6.70. The van der Waals surface area contributed by atoms with Crippen LogP contribution in [0.3, 0.4) is 0 Å². The zero-order valence-corrected chi connectivity index (χ0v) is 25.6. The van der Waals surface area contributed by atoms with Gasteiger partial charge >= 0.3 is 0 Å². The van der Waals surface area contributed by atoms with Crippen LogP contribution in [-0.4, -0.2) is 17.7 Å². The Kier molecular flexibility index (Phi) is 9.55. The van der Waals surface area contributed by atoms with Crippen LogP contribution >= 0.6 is 23.1 Å². The fraction of sp³-hybridized carbons (Fsp3) is 0.0857. The van der Waals surface area contributed by atoms with Crippen molar-refractivity contribution in [3.8, 4) is 6.07 Å². The van der Waals surface area contributed by atoms with Crippen molar-refractivity contribution in [2.45, 2.75) is 24.0 Å². The van der Waals surface area contributed by atoms with Crippen LogP contribution in [0.15, 0.2) is 114 Å². The smallest absolute Gasteiger partial charge is 0.266 e. The number of benzene rings is 4. The van der Waals surface area contributed by atoms with Crippen LogP contribution in [0.4, 0.5) is 16.4 Å². The number of para-hydroxylation sites is 1. The van der Waals surface area contributed by atoms with Crippen molar-refractivity contribution in [3.63, 3.8) is 0 Å². The first-order chi connectivity index (χ1) is 21.3. The zero-order chi connectivity index (χ0) is 31.1. The molecule has 0 aliphatic heterocycles. The molecule has 1 heterocycles. The minimum absolute atomic E-state index is 0.225. The van der Waals surface area contributed by atoms with E-state index in [-0.39, 0.29) is 23.3 Å². The van der Waals surface area contributed by atoms with Gasteiger partial charge in [0.2, 0.25) is 5.91 Å². The third kappa shape index (κ3) is 7.24. The van der Waals surface area contributed by atoms with E-state index in [0.29, 0.717) is 32.4 Å². The first-order valence-corrected chi connectivity index (χ1v) is 15.4. The molecule has 4 aromatic carbocycles. The Morgan fingerprint density at radius 1 is 0.750 bits per heavy atom. The van der Waals surface area contributed by atoms with Crippen LogP contribution in [0.1, 0.15) is 47.5 Å². The summed E-state index contributed by atoms with van der Waals surface area (Å²) in [6, 6.07) is 35.2. The SMILES string of the molecule is Cc1cccc(C(=O)Nc2cccc(SC(C(=O)Nc3sc(C(=O)Nc4ccccc4)c(C)c3C#N)c3ccccc3)c2)c1. The molecular weight excluding hydrogens is 589 g/mol. The summed E-state index contributed by atoms with van der Waals surface area (Å²) in [6.45, 7) is 3.63. The van der Waals surface area contributed by atoms with E-state index in [1.807, 2.05) is 91.9 Å². The average Bonchev–Trinajstić information content (AvgIpc) is 3.35. The number of hydrogen-bond donors (Lipinski definition) is 3. The topological polar surface area (TPSA) is 111 Å². The Balaban J connectivity index is 1.38. The number of carbonyl (C=O) groups excluding carboxylic acids is 3. The maximum Gasteiger partial charge on any atom is 0.266 e. The average molecular weight is 617 g/mol. The quantitative estimate of drug-likeness (QED) is 0.145. The molecule has 5 rings (SSSR count). The van der Waals surface area contributed by atoms with E-state index in [4.69, 9.17) is 0 Å². The van der Waals surface area contributed by atoms with Gasteiger partial charge in [0.1, 0.15) is 16.3 Å². The zero-order valence-electron chi connectivity index (χ0n) is 24.0. The molecule has 1 unspecified atom stereocenters. The van der Waals surface area contributed by atoms with Crippen LogP contribution in [-0.2, 0) is 4.79 Å². The summed E-state index contributed by atoms with van der Waals surface area (Å²) >= 11 is 2.39. The van der Waals surface area contributed by atoms with Crippen molar-refractivity contribution in [3.05, 3.63) is 142 Å². The minimum Gasteiger partial charge on any atom is -0.322 e. The van der Waals surface area contributed by atoms with E-state index in [0.717, 1.165) is 27.4 Å². The van der Waals surface area contributed by atoms with E-state index < -0.39 is 5.25 Å². The van der Waals surface area contributed by atoms with E-state index in [9.17, 15) is 19.6 Å². The molecule has 1 atom stereocenters. The van der Waals surface area contributed by atoms with Gasteiger partial charge in [-0.1, -0.05) is 72.3 Å². The molecular formula is C35H28N4O3S2. The van der Waals surface area contributed by atoms with Crippen LogP contribution in [0.5, 0.6) is 0 Å². The van der Waals surface area contributed by atoms with E-state index in [1.165, 1.54) is 11.8 Å². The molecule has 44 heavy (non-hydrogen) atoms. The maximum atomic E-state index is 13.8. The number of nitriles is 1. The molecule has 0 bridgehead atoms. The van der Waals surface area contributed by atoms with Crippen LogP contribution < -0.4 is 16.0 Å². The Bertz CT molecular complexity index is 1860. The molecule has 0 spiro atoms. The van der Waals surface area contributed by atoms with E-state index in [1.54, 1.807) is 31.2 Å². The van der Waals surface area contributed by atoms with E-state index in [2.05, 4.69) is 22.0 Å². The van der Waals surface area contributed by atoms with Crippen LogP contribution in [0.2, 0.25) is 0 Å². The molecule has 0 saturated carbocycles. The van der Waals surface area contributed by atoms with Crippen LogP contribution in [0.25, 0.3) is 0 Å². The second kappa shape index (κ2) is 13.9. The lowest BCUT2D eigenvalue weighted by Crippen LogP contribution is -2.19. The van der Waals surface area contributed by atoms with Gasteiger partial charge in [0.05, 0.1) is 10.4 Å². The van der Waals surface area contributed by atoms with Crippen molar-refractivity contribution < 1.29 is 14.4 Å². The molecule has 3 amide bonds. The first kappa shape index (κ1) is 30.3. The number of thiophene rings is 1. The molecule has 0 fully saturated rings. The summed E-state index contributed by atoms with van der Waals surface area (Å²) in [5.41, 5.74) is 4.29. The maximum absolute atomic E-state index is 13.8. The number of thioether (sulfide) groups is 1. The first-order valence-electron chi connectivity index (χ1n) is 13.7. The summed E-state index contributed by atoms with van der Waals surface area (Å²) in [4.78, 5) is 40.9. The standard InChI is InChI=1S/C35H28N4O3S2/c1-22-11-9-14-25(19-22)32(40)38-27-17-10-18-28(20-27)43-31(24-12-5-3-6-13-24)34(42)39-35-29(21-36)23(2)30(44-35)33(41)37-26-15-7-4-8-16-26/h3-20,31H,1-2H3,(H,37,41)(H,38,40)(H,39,42). The van der Waals surface area contributed by atoms with Crippen LogP contribution in [0, 0.1) is 25.2 Å². The molecule has 1 aromatic heterocycles. The van der Waals surface area contributed by atoms with E-state index >= 15 is 0 Å². The number of amides is 3. The summed E-state index contributed by atoms with van der Waals surface area (Å²) in [6.07, 6.45) is 0. The molecule has 9 heteroatoms. The highest BCUT2D eigenvalue weighted by Crippen LogP contribution is 2.39. The van der Waals surface area contributed by atoms with Gasteiger partial charge < -0.3 is 16.0 Å². The second-order valence-electron chi connectivity index (χ2n) is 9.94. The second-order valence-corrected chi connectivity index (χ2v) is 12.1. The lowest BCUT2D eigenvalue weighted by molar-refractivity contribution is -0.115. The number of anilines is 3. The highest BCUT2D eigenvalue weighted by molar-refractivity contribution is 8.00. The molecule has 0 saturated heterocycles. The van der Waals surface area contributed by atoms with Crippen molar-refractivity contribution in [2.24, 2.45) is 0 Å². The van der Waals surface area contributed by atoms with Gasteiger partial charge in [-0.25, -0.2) is 0 Å². The number of carbonyl (C=O) groups is 3. The molecule has 0 radical (unpaired) electrons. The number of nitrogens with zero attached hydrogens (tertiary/aromatic N) is 1. The fourth-order valence-corrected chi connectivity index (χ4v) is 6.65. The van der Waals surface area contributed by atoms with Gasteiger partial charge in [0.25, 0.3) is 11.8 Å². The Hall–Kier alpha value is -5.17. The molecule has 5 aromatic rings. The molecule has 0 aliphatic carbocycles. The van der Waals surface area contributed by atoms with Gasteiger partial charge in [-0.2, -0.15) is 5.26 Å². The normalized spacial score (nSPS) is 11.2. The summed E-state index contributed by atoms with van der Waals surface area (Å²) in [7, 11) is 0. The van der Waals surface area contributed by atoms with Crippen molar-refractivity contribution >= 4 is 57.2 Å². The number of hydrogen-bond acceptors (Lipinski definition) is 6. The highest BCUT2D eigenvalue weighted by atomic mass is 32.2. The molecule has 7 nitrogen and oxygen atoms in total. The predicted molar refractivity (Wildman–Crippen MR) is 177 cm³/mol. The van der Waals surface area contributed by atoms with Crippen molar-refractivity contribution in [2.75, 3.05) is 16.0 Å². The predicted octanol–water partition coefficient (Wildman–Crippen LogP) is 8.21. The Morgan fingerprint density at radius 3 is 2.11 bits per heavy atom. The Labute approximate surface area is 264 Å². The minimum atomic E-state index is -0.686. The van der Waals surface area contributed by atoms with Gasteiger partial charge in [-0.05, 0) is 67.4 Å². The summed E-state index contributed by atoms with van der Waals surface area (Å²) in [5, 5.41) is 18.3. The number of nitrogens with one attached hydrogen (secondary N) is 3. The highest BCUT2D eigenvalue weighted by Gasteiger charge is 2.27. The summed E-state index contributed by atoms with van der Waals surface area (Å²) < 4.78 is 0. The van der Waals surface area contributed by atoms with Gasteiger partial charge in [-0.15, -0.1) is 23.1 Å². The lowest BCUT2D eigenvalue weighted by Gasteiger charge is -2.17. The largest absolute Gasteiger partial charge is 0.322 e. The van der Waals surface area contributed by atoms with Gasteiger partial charge in [-0.3, -0.25) is 14.4 Å². The summed E-state index contributed by atoms with van der Waals surface area (Å²) in [5.74, 6) is -0.921. The molecule has 0 aliphatic rings. The number of aryl methyl sites for hydroxylation is 1.